The molecule has 212 valence electrons. The maximum atomic E-state index is 9.89. The number of hydrogen-bond donors (Lipinski definition) is 1. The predicted molar refractivity (Wildman–Crippen MR) is 163 cm³/mol. The van der Waals surface area contributed by atoms with Crippen LogP contribution in [0.3, 0.4) is 0 Å². The fourth-order valence-electron chi connectivity index (χ4n) is 7.49. The van der Waals surface area contributed by atoms with E-state index in [0.717, 1.165) is 79.6 Å². The van der Waals surface area contributed by atoms with Crippen molar-refractivity contribution in [1.29, 1.82) is 10.5 Å². The van der Waals surface area contributed by atoms with E-state index in [1.807, 2.05) is 24.4 Å². The summed E-state index contributed by atoms with van der Waals surface area (Å²) in [5, 5.41) is 19.5. The zero-order valence-electron chi connectivity index (χ0n) is 22.9. The Kier molecular flexibility index (Phi) is 6.00. The molecule has 1 saturated heterocycles. The van der Waals surface area contributed by atoms with Crippen LogP contribution in [0.1, 0.15) is 67.2 Å². The van der Waals surface area contributed by atoms with Gasteiger partial charge < -0.3 is 20.4 Å². The molecule has 9 nitrogen and oxygen atoms in total. The van der Waals surface area contributed by atoms with Crippen molar-refractivity contribution >= 4 is 23.0 Å². The number of nitrogens with zero attached hydrogens (tertiary/aromatic N) is 8. The van der Waals surface area contributed by atoms with Crippen LogP contribution in [0, 0.1) is 28.1 Å². The van der Waals surface area contributed by atoms with E-state index in [-0.39, 0.29) is 18.9 Å². The number of amidine groups is 1. The summed E-state index contributed by atoms with van der Waals surface area (Å²) in [5.41, 5.74) is 13.4. The number of benzene rings is 2. The topological polar surface area (TPSA) is 121 Å². The highest BCUT2D eigenvalue weighted by Gasteiger charge is 2.51. The lowest BCUT2D eigenvalue weighted by atomic mass is 9.73. The molecule has 0 bridgehead atoms. The molecule has 1 saturated carbocycles. The van der Waals surface area contributed by atoms with Crippen molar-refractivity contribution in [3.63, 3.8) is 0 Å². The van der Waals surface area contributed by atoms with Crippen LogP contribution in [0.5, 0.6) is 0 Å². The average molecular weight is 558 g/mol. The second kappa shape index (κ2) is 9.54. The Labute approximate surface area is 246 Å². The van der Waals surface area contributed by atoms with E-state index in [9.17, 15) is 10.5 Å². The summed E-state index contributed by atoms with van der Waals surface area (Å²) < 4.78 is 0. The zero-order chi connectivity index (χ0) is 27.8. The molecule has 0 amide bonds. The zero-order valence-corrected chi connectivity index (χ0v) is 22.9. The van der Waals surface area contributed by atoms with Gasteiger partial charge in [0.15, 0.2) is 5.84 Å². The summed E-state index contributed by atoms with van der Waals surface area (Å²) in [7, 11) is 0. The number of rotatable bonds is 2. The number of aromatic nitrogens is 2. The second-order valence-corrected chi connectivity index (χ2v) is 12.1. The van der Waals surface area contributed by atoms with Gasteiger partial charge in [0.2, 0.25) is 0 Å². The Balaban J connectivity index is 0.00000288. The fraction of sp³-hybridized carbons (Fsp3) is 0.424. The number of hydrogen-bond acceptors (Lipinski definition) is 9. The first-order chi connectivity index (χ1) is 20.0. The molecule has 4 heterocycles. The Morgan fingerprint density at radius 1 is 0.952 bits per heavy atom. The first-order valence-corrected chi connectivity index (χ1v) is 14.5. The first kappa shape index (κ1) is 26.4. The van der Waals surface area contributed by atoms with Gasteiger partial charge in [-0.05, 0) is 66.8 Å². The van der Waals surface area contributed by atoms with E-state index in [0.29, 0.717) is 25.2 Å². The number of aliphatic imine (C=N–C) groups is 1. The van der Waals surface area contributed by atoms with Crippen molar-refractivity contribution < 1.29 is 0 Å². The third kappa shape index (κ3) is 3.80. The summed E-state index contributed by atoms with van der Waals surface area (Å²) in [6.07, 6.45) is 6.75. The van der Waals surface area contributed by atoms with E-state index in [1.54, 1.807) is 0 Å². The van der Waals surface area contributed by atoms with Gasteiger partial charge in [-0.2, -0.15) is 10.5 Å². The molecular weight excluding hydrogens is 522 g/mol. The Morgan fingerprint density at radius 2 is 1.76 bits per heavy atom. The number of nitrogens with two attached hydrogens (primary N) is 1. The normalized spacial score (nSPS) is 22.3. The van der Waals surface area contributed by atoms with E-state index < -0.39 is 5.54 Å². The van der Waals surface area contributed by atoms with Crippen molar-refractivity contribution in [2.45, 2.75) is 57.7 Å². The van der Waals surface area contributed by atoms with Crippen molar-refractivity contribution in [3.8, 4) is 12.1 Å². The molecule has 3 aromatic rings. The molecule has 5 aliphatic rings. The summed E-state index contributed by atoms with van der Waals surface area (Å²) in [6, 6.07) is 19.2. The Bertz CT molecular complexity index is 1680. The molecular formula is C33H35N9. The van der Waals surface area contributed by atoms with Crippen LogP contribution in [0.15, 0.2) is 53.7 Å². The van der Waals surface area contributed by atoms with Crippen LogP contribution in [0.4, 0.5) is 17.2 Å². The summed E-state index contributed by atoms with van der Waals surface area (Å²) in [6.45, 7) is 3.72. The first-order valence-electron chi connectivity index (χ1n) is 14.5. The monoisotopic (exact) mass is 557 g/mol. The number of anilines is 3. The highest BCUT2D eigenvalue weighted by atomic mass is 15.3. The minimum atomic E-state index is -0.461. The Hall–Kier alpha value is -4.47. The van der Waals surface area contributed by atoms with Crippen molar-refractivity contribution in [2.75, 3.05) is 40.9 Å². The minimum Gasteiger partial charge on any atom is -0.355 e. The molecule has 0 unspecified atom stereocenters. The summed E-state index contributed by atoms with van der Waals surface area (Å²) >= 11 is 0. The van der Waals surface area contributed by atoms with E-state index >= 15 is 0 Å². The number of nitriles is 2. The molecule has 2 N–H and O–H groups in total. The minimum absolute atomic E-state index is 0. The predicted octanol–water partition coefficient (Wildman–Crippen LogP) is 4.47. The van der Waals surface area contributed by atoms with E-state index in [4.69, 9.17) is 20.7 Å². The fourth-order valence-corrected chi connectivity index (χ4v) is 7.49. The maximum absolute atomic E-state index is 9.89. The Morgan fingerprint density at radius 3 is 2.50 bits per heavy atom. The summed E-state index contributed by atoms with van der Waals surface area (Å²) in [4.78, 5) is 21.6. The van der Waals surface area contributed by atoms with Gasteiger partial charge in [0.05, 0.1) is 47.5 Å². The smallest absolute Gasteiger partial charge is 0.156 e. The molecule has 1 atom stereocenters. The molecule has 0 radical (unpaired) electrons. The van der Waals surface area contributed by atoms with Crippen LogP contribution in [-0.4, -0.2) is 47.5 Å². The molecule has 2 aromatic carbocycles. The third-order valence-electron chi connectivity index (χ3n) is 10.0. The van der Waals surface area contributed by atoms with Gasteiger partial charge in [0, 0.05) is 32.2 Å². The van der Waals surface area contributed by atoms with Gasteiger partial charge >= 0.3 is 0 Å². The van der Waals surface area contributed by atoms with Crippen molar-refractivity contribution in [1.82, 2.24) is 9.97 Å². The van der Waals surface area contributed by atoms with E-state index in [1.165, 1.54) is 11.1 Å². The average Bonchev–Trinajstić information content (AvgIpc) is 3.63. The molecule has 2 aliphatic carbocycles. The number of fused-ring (bicyclic) bond motifs is 3. The standard InChI is InChI=1S/C32H31N9.CH4/c33-17-21-5-6-25-26(15-21)41(32(20-34)7-8-32)14-13-40(25)30-28-24(18-37-30)38-27(19-36-28)39-11-9-31(10-12-39)16-22-3-1-2-4-23(22)29(31)35;/h1-6,15,19,29H,7-14,16,18,35H2;1H4/t29-;/m1./s1. The quantitative estimate of drug-likeness (QED) is 0.490. The van der Waals surface area contributed by atoms with Crippen LogP contribution in [-0.2, 0) is 13.0 Å². The number of piperidine rings is 1. The lowest BCUT2D eigenvalue weighted by molar-refractivity contribution is 0.187. The maximum Gasteiger partial charge on any atom is 0.156 e. The largest absolute Gasteiger partial charge is 0.355 e. The van der Waals surface area contributed by atoms with Gasteiger partial charge in [-0.15, -0.1) is 0 Å². The van der Waals surface area contributed by atoms with Gasteiger partial charge in [0.1, 0.15) is 17.1 Å². The van der Waals surface area contributed by atoms with Gasteiger partial charge in [-0.1, -0.05) is 31.7 Å². The van der Waals surface area contributed by atoms with Gasteiger partial charge in [-0.25, -0.2) is 9.97 Å². The second-order valence-electron chi connectivity index (χ2n) is 12.1. The molecule has 2 fully saturated rings. The lowest BCUT2D eigenvalue weighted by Gasteiger charge is -2.42. The van der Waals surface area contributed by atoms with Crippen molar-refractivity contribution in [2.24, 2.45) is 16.1 Å². The molecule has 1 spiro atoms. The van der Waals surface area contributed by atoms with Crippen molar-refractivity contribution in [3.05, 3.63) is 76.7 Å². The molecule has 9 heteroatoms. The van der Waals surface area contributed by atoms with Gasteiger partial charge in [0.25, 0.3) is 0 Å². The molecule has 8 rings (SSSR count). The SMILES string of the molecule is C.N#Cc1ccc2c(c1)N(C1(C#N)CC1)CCN2C1=NCc2nc(N3CCC4(CC3)Cc3ccccc3[C@H]4N)cnc21. The van der Waals surface area contributed by atoms with Crippen LogP contribution in [0.2, 0.25) is 0 Å². The molecule has 42 heavy (non-hydrogen) atoms. The lowest BCUT2D eigenvalue weighted by Crippen LogP contribution is -2.49. The van der Waals surface area contributed by atoms with E-state index in [2.05, 4.69) is 51.1 Å². The van der Waals surface area contributed by atoms with Crippen LogP contribution in [0.25, 0.3) is 0 Å². The highest BCUT2D eigenvalue weighted by molar-refractivity contribution is 6.12. The molecule has 3 aliphatic heterocycles. The van der Waals surface area contributed by atoms with Crippen LogP contribution < -0.4 is 20.4 Å². The molecule has 1 aromatic heterocycles. The highest BCUT2D eigenvalue weighted by Crippen LogP contribution is 2.51. The van der Waals surface area contributed by atoms with Crippen LogP contribution >= 0.6 is 0 Å². The summed E-state index contributed by atoms with van der Waals surface area (Å²) in [5.74, 6) is 1.73. The third-order valence-corrected chi connectivity index (χ3v) is 10.0. The van der Waals surface area contributed by atoms with Gasteiger partial charge in [-0.3, -0.25) is 4.99 Å².